The van der Waals surface area contributed by atoms with Crippen LogP contribution in [0.5, 0.6) is 0 Å². The van der Waals surface area contributed by atoms with E-state index in [4.69, 9.17) is 0 Å². The summed E-state index contributed by atoms with van der Waals surface area (Å²) in [5, 5.41) is 0. The summed E-state index contributed by atoms with van der Waals surface area (Å²) in [6.45, 7) is 62.4. The molecule has 7 aliphatic carbocycles. The quantitative estimate of drug-likeness (QED) is 0.142. The third kappa shape index (κ3) is 15.2. The molecule has 0 atom stereocenters. The van der Waals surface area contributed by atoms with Crippen molar-refractivity contribution >= 4 is 0 Å². The molecule has 0 N–H and O–H groups in total. The second-order valence-corrected chi connectivity index (χ2v) is 37.1. The number of aryl methyl sites for hydroxylation is 17. The lowest BCUT2D eigenvalue weighted by Crippen LogP contribution is -1.93. The lowest BCUT2D eigenvalue weighted by atomic mass is 9.92. The van der Waals surface area contributed by atoms with E-state index in [2.05, 4.69) is 364 Å². The van der Waals surface area contributed by atoms with Crippen LogP contribution in [-0.4, -0.2) is 0 Å². The molecule has 0 saturated heterocycles. The van der Waals surface area contributed by atoms with Crippen LogP contribution in [0.3, 0.4) is 0 Å². The maximum Gasteiger partial charge on any atom is -0.000809 e. The Kier molecular flexibility index (Phi) is 22.8. The summed E-state index contributed by atoms with van der Waals surface area (Å²) < 4.78 is 0. The molecule has 0 heterocycles. The highest BCUT2D eigenvalue weighted by atomic mass is 14.3. The predicted molar refractivity (Wildman–Crippen MR) is 515 cm³/mol. The topological polar surface area (TPSA) is 0 Å². The number of benzene rings is 14. The highest BCUT2D eigenvalue weighted by Crippen LogP contribution is 2.50. The minimum absolute atomic E-state index is 1.10. The SMILES string of the molecule is Cc1cc(C)c2c(c1C)-c1cccc(C)c1C2.Cc1cc2c(c(C)c1C)-c1c(C)cccc1C2.Cc1cc2c(c(C)c1C)-c1cccc(C)c1C2.Cc1ccc2c(c1)-c1c(C)c(C)cc(C)c1C2.Cc1ccc2c(c1)-c1c(cc(C)c(C)c1C)C2.Cc1ccc2c(c1)Cc1c(C)cc(C)c(C)c1-2.Cc1ccc2c(c1)Cc1cc(C)c(C)c(C)c1-2. The number of fused-ring (bicyclic) bond motifs is 21. The fraction of sp³-hybridized carbons (Fsp3) is 0.294. The molecule has 0 heteroatoms. The van der Waals surface area contributed by atoms with Crippen molar-refractivity contribution in [2.45, 2.75) is 239 Å². The Labute approximate surface area is 715 Å². The lowest BCUT2D eigenvalue weighted by molar-refractivity contribution is 1.17. The van der Waals surface area contributed by atoms with Crippen LogP contribution in [0.25, 0.3) is 77.9 Å². The van der Waals surface area contributed by atoms with Gasteiger partial charge in [0.15, 0.2) is 0 Å². The molecular formula is C119H126. The van der Waals surface area contributed by atoms with Gasteiger partial charge in [-0.15, -0.1) is 0 Å². The van der Waals surface area contributed by atoms with Crippen LogP contribution in [0.15, 0.2) is 170 Å². The van der Waals surface area contributed by atoms with Crippen LogP contribution in [-0.2, 0) is 44.9 Å². The van der Waals surface area contributed by atoms with Crippen molar-refractivity contribution in [2.75, 3.05) is 0 Å². The van der Waals surface area contributed by atoms with Gasteiger partial charge in [0.25, 0.3) is 0 Å². The van der Waals surface area contributed by atoms with Gasteiger partial charge in [-0.05, 0) is 528 Å². The van der Waals surface area contributed by atoms with Gasteiger partial charge in [-0.3, -0.25) is 0 Å². The van der Waals surface area contributed by atoms with Crippen molar-refractivity contribution in [3.63, 3.8) is 0 Å². The maximum absolute atomic E-state index is 2.37. The highest BCUT2D eigenvalue weighted by molar-refractivity contribution is 5.88. The third-order valence-corrected chi connectivity index (χ3v) is 29.2. The molecule has 0 nitrogen and oxygen atoms in total. The number of hydrogen-bond donors (Lipinski definition) is 0. The smallest absolute Gasteiger partial charge is 0.000809 e. The first-order chi connectivity index (χ1) is 56.6. The van der Waals surface area contributed by atoms with Gasteiger partial charge < -0.3 is 0 Å². The largest absolute Gasteiger partial charge is 0.0617 e. The fourth-order valence-corrected chi connectivity index (χ4v) is 21.2. The second-order valence-electron chi connectivity index (χ2n) is 37.1. The molecule has 0 bridgehead atoms. The molecule has 14 aromatic carbocycles. The van der Waals surface area contributed by atoms with Crippen LogP contribution in [0.1, 0.15) is 234 Å². The van der Waals surface area contributed by atoms with Gasteiger partial charge in [0.05, 0.1) is 0 Å². The van der Waals surface area contributed by atoms with E-state index < -0.39 is 0 Å². The van der Waals surface area contributed by atoms with Crippen molar-refractivity contribution < 1.29 is 0 Å². The summed E-state index contributed by atoms with van der Waals surface area (Å²) in [5.41, 5.74) is 81.8. The van der Waals surface area contributed by atoms with E-state index in [0.717, 1.165) is 44.9 Å². The van der Waals surface area contributed by atoms with Crippen LogP contribution in [0, 0.1) is 194 Å². The van der Waals surface area contributed by atoms with Crippen molar-refractivity contribution in [2.24, 2.45) is 0 Å². The van der Waals surface area contributed by atoms with E-state index in [1.807, 2.05) is 0 Å². The number of hydrogen-bond acceptors (Lipinski definition) is 0. The van der Waals surface area contributed by atoms with Crippen molar-refractivity contribution in [1.82, 2.24) is 0 Å². The summed E-state index contributed by atoms with van der Waals surface area (Å²) in [6.07, 6.45) is 7.76. The monoisotopic (exact) mass is 1550 g/mol. The first-order valence-corrected chi connectivity index (χ1v) is 43.9. The maximum atomic E-state index is 2.37. The molecule has 602 valence electrons. The lowest BCUT2D eigenvalue weighted by Gasteiger charge is -2.13. The Morgan fingerprint density at radius 2 is 0.429 bits per heavy atom. The Hall–Kier alpha value is -10.9. The van der Waals surface area contributed by atoms with E-state index in [-0.39, 0.29) is 0 Å². The van der Waals surface area contributed by atoms with E-state index in [1.54, 1.807) is 0 Å². The first-order valence-electron chi connectivity index (χ1n) is 43.9. The summed E-state index contributed by atoms with van der Waals surface area (Å²) in [4.78, 5) is 0. The van der Waals surface area contributed by atoms with Gasteiger partial charge in [0, 0.05) is 0 Å². The summed E-state index contributed by atoms with van der Waals surface area (Å²) in [5.74, 6) is 0. The molecule has 0 aliphatic heterocycles. The van der Waals surface area contributed by atoms with Gasteiger partial charge in [0.1, 0.15) is 0 Å². The van der Waals surface area contributed by atoms with Gasteiger partial charge in [0.2, 0.25) is 0 Å². The minimum Gasteiger partial charge on any atom is -0.0617 e. The van der Waals surface area contributed by atoms with E-state index >= 15 is 0 Å². The van der Waals surface area contributed by atoms with Crippen LogP contribution >= 0.6 is 0 Å². The molecule has 0 amide bonds. The van der Waals surface area contributed by atoms with E-state index in [0.29, 0.717) is 0 Å². The van der Waals surface area contributed by atoms with E-state index in [9.17, 15) is 0 Å². The Morgan fingerprint density at radius 1 is 0.134 bits per heavy atom. The van der Waals surface area contributed by atoms with Gasteiger partial charge in [-0.2, -0.15) is 0 Å². The first kappa shape index (κ1) is 83.2. The van der Waals surface area contributed by atoms with Gasteiger partial charge in [-0.25, -0.2) is 0 Å². The summed E-state index contributed by atoms with van der Waals surface area (Å²) in [7, 11) is 0. The molecule has 0 saturated carbocycles. The molecule has 0 unspecified atom stereocenters. The number of rotatable bonds is 0. The van der Waals surface area contributed by atoms with Crippen LogP contribution in [0.4, 0.5) is 0 Å². The standard InChI is InChI=1S/7C17H18/c1-10-5-6-16-14(7-10)9-15-8-11(2)12(3)13(4)17(15)16;1-10-5-6-14-9-15-8-11(2)12(3)13(4)17(15)16(14)7-10;1-10-5-6-15-14(7-10)9-16-12(3)8-11(2)13(4)17(15)16;1-10-5-6-14-9-15-12(3)8-11(2)13(4)17(15)16(14)7-10;1-10-6-5-7-15-16(10)9-14-8-11(2)12(3)13(4)17(14)15;1-10-6-5-7-14-9-15-8-11(2)12(3)13(4)17(15)16(10)14;1-10-6-5-7-14-15(10)9-16-12(3)8-11(2)13(4)17(14)16/h7*5-8H,9H2,1-4H3. The summed E-state index contributed by atoms with van der Waals surface area (Å²) in [6, 6.07) is 63.9. The fourth-order valence-electron chi connectivity index (χ4n) is 21.2. The Balaban J connectivity index is 0.000000108. The minimum atomic E-state index is 1.10. The Morgan fingerprint density at radius 3 is 0.916 bits per heavy atom. The van der Waals surface area contributed by atoms with E-state index in [1.165, 1.54) is 312 Å². The zero-order valence-corrected chi connectivity index (χ0v) is 77.1. The van der Waals surface area contributed by atoms with Crippen molar-refractivity contribution in [3.8, 4) is 77.9 Å². The average Bonchev–Trinajstić information content (AvgIpc) is 1.64. The zero-order chi connectivity index (χ0) is 85.1. The van der Waals surface area contributed by atoms with Gasteiger partial charge >= 0.3 is 0 Å². The molecule has 0 spiro atoms. The highest BCUT2D eigenvalue weighted by Gasteiger charge is 2.30. The predicted octanol–water partition coefficient (Wildman–Crippen LogP) is 31.4. The average molecular weight is 1560 g/mol. The molecule has 21 rings (SSSR count). The van der Waals surface area contributed by atoms with Crippen molar-refractivity contribution in [1.29, 1.82) is 0 Å². The second kappa shape index (κ2) is 32.7. The molecule has 0 radical (unpaired) electrons. The molecule has 0 aromatic heterocycles. The molecular weight excluding hydrogens is 1430 g/mol. The van der Waals surface area contributed by atoms with Gasteiger partial charge in [-0.1, -0.05) is 192 Å². The van der Waals surface area contributed by atoms with Crippen LogP contribution in [0.2, 0.25) is 0 Å². The zero-order valence-electron chi connectivity index (χ0n) is 77.1. The van der Waals surface area contributed by atoms with Crippen LogP contribution < -0.4 is 0 Å². The normalized spacial score (nSPS) is 12.5. The molecule has 14 aromatic rings. The van der Waals surface area contributed by atoms with Crippen molar-refractivity contribution in [3.05, 3.63) is 404 Å². The summed E-state index contributed by atoms with van der Waals surface area (Å²) >= 11 is 0. The third-order valence-electron chi connectivity index (χ3n) is 29.2. The molecule has 7 aliphatic rings. The molecule has 0 fully saturated rings. The Bertz CT molecular complexity index is 6510. The molecule has 119 heavy (non-hydrogen) atoms.